The van der Waals surface area contributed by atoms with Crippen molar-refractivity contribution in [2.75, 3.05) is 14.1 Å². The van der Waals surface area contributed by atoms with Crippen LogP contribution >= 0.6 is 0 Å². The molecule has 0 aliphatic rings. The Morgan fingerprint density at radius 3 is 1.88 bits per heavy atom. The van der Waals surface area contributed by atoms with Gasteiger partial charge in [0, 0.05) is 0 Å². The first-order chi connectivity index (χ1) is 3.48. The van der Waals surface area contributed by atoms with Crippen LogP contribution in [-0.2, 0) is 0 Å². The van der Waals surface area contributed by atoms with Gasteiger partial charge >= 0.3 is 0 Å². The fourth-order valence-corrected chi connectivity index (χ4v) is 0.471. The van der Waals surface area contributed by atoms with E-state index in [0.717, 1.165) is 6.42 Å². The summed E-state index contributed by atoms with van der Waals surface area (Å²) in [4.78, 5) is 0. The molecule has 0 fully saturated rings. The lowest BCUT2D eigenvalue weighted by molar-refractivity contribution is -0.925. The van der Waals surface area contributed by atoms with E-state index < -0.39 is 0 Å². The minimum Gasteiger partial charge on any atom is -0.251 e. The topological polar surface area (TPSA) is 26.0 Å². The van der Waals surface area contributed by atoms with Crippen molar-refractivity contribution in [3.63, 3.8) is 0 Å². The summed E-state index contributed by atoms with van der Waals surface area (Å²) in [6.45, 7) is 4.30. The Morgan fingerprint density at radius 1 is 1.50 bits per heavy atom. The van der Waals surface area contributed by atoms with Gasteiger partial charge in [0.1, 0.15) is 6.04 Å². The molecule has 1 unspecified atom stereocenters. The predicted molar refractivity (Wildman–Crippen MR) is 36.0 cm³/mol. The van der Waals surface area contributed by atoms with Crippen LogP contribution in [0.1, 0.15) is 20.3 Å². The highest BCUT2D eigenvalue weighted by atomic mass is 15.6. The largest absolute Gasteiger partial charge is 0.251 e. The number of quaternary nitrogens is 1. The molecule has 2 nitrogen and oxygen atoms in total. The van der Waals surface area contributed by atoms with Gasteiger partial charge in [-0.25, -0.2) is 0 Å². The van der Waals surface area contributed by atoms with Gasteiger partial charge in [-0.3, -0.25) is 4.59 Å². The van der Waals surface area contributed by atoms with E-state index in [4.69, 9.17) is 5.84 Å². The van der Waals surface area contributed by atoms with Crippen molar-refractivity contribution in [3.8, 4) is 0 Å². The average molecular weight is 117 g/mol. The van der Waals surface area contributed by atoms with Crippen molar-refractivity contribution < 1.29 is 4.59 Å². The zero-order valence-electron chi connectivity index (χ0n) is 6.31. The van der Waals surface area contributed by atoms with Gasteiger partial charge in [0.05, 0.1) is 14.1 Å². The summed E-state index contributed by atoms with van der Waals surface area (Å²) in [5.74, 6) is 5.73. The summed E-state index contributed by atoms with van der Waals surface area (Å²) in [5, 5.41) is 0. The van der Waals surface area contributed by atoms with Crippen molar-refractivity contribution in [2.45, 2.75) is 26.3 Å². The molecule has 0 spiro atoms. The third kappa shape index (κ3) is 2.28. The van der Waals surface area contributed by atoms with E-state index >= 15 is 0 Å². The Hall–Kier alpha value is -0.0800. The van der Waals surface area contributed by atoms with Gasteiger partial charge in [-0.2, -0.15) is 5.84 Å². The van der Waals surface area contributed by atoms with Crippen LogP contribution in [0.15, 0.2) is 0 Å². The zero-order chi connectivity index (χ0) is 6.78. The van der Waals surface area contributed by atoms with Gasteiger partial charge < -0.3 is 0 Å². The van der Waals surface area contributed by atoms with E-state index in [2.05, 4.69) is 13.8 Å². The lowest BCUT2D eigenvalue weighted by Crippen LogP contribution is -2.52. The molecule has 0 saturated heterocycles. The van der Waals surface area contributed by atoms with Crippen LogP contribution in [0.5, 0.6) is 0 Å². The monoisotopic (exact) mass is 117 g/mol. The summed E-state index contributed by atoms with van der Waals surface area (Å²) in [5.41, 5.74) is 0. The Kier molecular flexibility index (Phi) is 2.44. The molecule has 50 valence electrons. The van der Waals surface area contributed by atoms with Gasteiger partial charge in [-0.15, -0.1) is 0 Å². The molecule has 2 heteroatoms. The maximum Gasteiger partial charge on any atom is 0.103 e. The summed E-state index contributed by atoms with van der Waals surface area (Å²) < 4.78 is 0.580. The maximum absolute atomic E-state index is 5.73. The Balaban J connectivity index is 3.62. The summed E-state index contributed by atoms with van der Waals surface area (Å²) in [6.07, 6.45) is 1.14. The molecule has 0 bridgehead atoms. The van der Waals surface area contributed by atoms with E-state index in [1.807, 2.05) is 14.1 Å². The summed E-state index contributed by atoms with van der Waals surface area (Å²) in [6, 6.07) is 0.565. The molecule has 1 atom stereocenters. The number of nitrogens with two attached hydrogens (primary N) is 1. The van der Waals surface area contributed by atoms with Gasteiger partial charge in [-0.1, -0.05) is 6.92 Å². The highest BCUT2D eigenvalue weighted by Gasteiger charge is 2.15. The molecule has 2 N–H and O–H groups in total. The number of nitrogens with zero attached hydrogens (tertiary/aromatic N) is 1. The van der Waals surface area contributed by atoms with Crippen LogP contribution < -0.4 is 5.84 Å². The Morgan fingerprint density at radius 2 is 1.88 bits per heavy atom. The number of hydrogen-bond donors (Lipinski definition) is 1. The molecule has 0 aliphatic carbocycles. The lowest BCUT2D eigenvalue weighted by atomic mass is 10.2. The Bertz CT molecular complexity index is 63.4. The molecular weight excluding hydrogens is 100 g/mol. The quantitative estimate of drug-likeness (QED) is 0.322. The molecule has 0 aromatic carbocycles. The van der Waals surface area contributed by atoms with Gasteiger partial charge in [0.25, 0.3) is 0 Å². The standard InChI is InChI=1S/C6H17N2/c1-5-6(2)8(3,4)7/h6H,5,7H2,1-4H3/q+1. The van der Waals surface area contributed by atoms with E-state index in [9.17, 15) is 0 Å². The molecule has 0 aromatic rings. The van der Waals surface area contributed by atoms with Gasteiger partial charge in [0.15, 0.2) is 0 Å². The van der Waals surface area contributed by atoms with Crippen LogP contribution in [-0.4, -0.2) is 24.7 Å². The van der Waals surface area contributed by atoms with E-state index in [1.165, 1.54) is 0 Å². The molecule has 0 aromatic heterocycles. The molecule has 0 aliphatic heterocycles. The summed E-state index contributed by atoms with van der Waals surface area (Å²) in [7, 11) is 4.02. The number of rotatable bonds is 2. The highest BCUT2D eigenvalue weighted by Crippen LogP contribution is 2.00. The normalized spacial score (nSPS) is 16.1. The van der Waals surface area contributed by atoms with Gasteiger partial charge in [0.2, 0.25) is 0 Å². The van der Waals surface area contributed by atoms with Crippen LogP contribution in [0.25, 0.3) is 0 Å². The van der Waals surface area contributed by atoms with Crippen molar-refractivity contribution in [1.29, 1.82) is 0 Å². The smallest absolute Gasteiger partial charge is 0.103 e. The van der Waals surface area contributed by atoms with E-state index in [-0.39, 0.29) is 0 Å². The van der Waals surface area contributed by atoms with Crippen molar-refractivity contribution in [1.82, 2.24) is 0 Å². The molecule has 0 amide bonds. The van der Waals surface area contributed by atoms with Crippen LogP contribution in [0.3, 0.4) is 0 Å². The molecule has 8 heavy (non-hydrogen) atoms. The lowest BCUT2D eigenvalue weighted by Gasteiger charge is -2.28. The predicted octanol–water partition coefficient (Wildman–Crippen LogP) is 0.735. The van der Waals surface area contributed by atoms with Crippen LogP contribution in [0.2, 0.25) is 0 Å². The fraction of sp³-hybridized carbons (Fsp3) is 1.00. The van der Waals surface area contributed by atoms with Crippen molar-refractivity contribution in [2.24, 2.45) is 5.84 Å². The maximum atomic E-state index is 5.73. The average Bonchev–Trinajstić information content (AvgIpc) is 1.62. The van der Waals surface area contributed by atoms with Crippen molar-refractivity contribution in [3.05, 3.63) is 0 Å². The zero-order valence-corrected chi connectivity index (χ0v) is 6.31. The summed E-state index contributed by atoms with van der Waals surface area (Å²) >= 11 is 0. The second kappa shape index (κ2) is 2.46. The van der Waals surface area contributed by atoms with Crippen molar-refractivity contribution >= 4 is 0 Å². The molecule has 0 heterocycles. The fourth-order valence-electron chi connectivity index (χ4n) is 0.471. The van der Waals surface area contributed by atoms with E-state index in [1.54, 1.807) is 0 Å². The highest BCUT2D eigenvalue weighted by molar-refractivity contribution is 4.40. The van der Waals surface area contributed by atoms with Crippen LogP contribution in [0.4, 0.5) is 0 Å². The molecule has 0 saturated carbocycles. The Labute approximate surface area is 51.8 Å². The minimum atomic E-state index is 0.565. The second-order valence-corrected chi connectivity index (χ2v) is 2.89. The third-order valence-electron chi connectivity index (χ3n) is 1.73. The first kappa shape index (κ1) is 7.92. The van der Waals surface area contributed by atoms with Crippen LogP contribution in [0, 0.1) is 0 Å². The third-order valence-corrected chi connectivity index (χ3v) is 1.73. The molecule has 0 rings (SSSR count). The molecular formula is C6H17N2+. The second-order valence-electron chi connectivity index (χ2n) is 2.89. The number of hydrogen-bond acceptors (Lipinski definition) is 1. The van der Waals surface area contributed by atoms with Gasteiger partial charge in [-0.05, 0) is 13.3 Å². The first-order valence-corrected chi connectivity index (χ1v) is 3.10. The molecule has 0 radical (unpaired) electrons. The first-order valence-electron chi connectivity index (χ1n) is 3.10. The SMILES string of the molecule is CCC(C)[N+](C)(C)N. The minimum absolute atomic E-state index is 0.565. The van der Waals surface area contributed by atoms with E-state index in [0.29, 0.717) is 10.6 Å².